The van der Waals surface area contributed by atoms with Crippen LogP contribution in [-0.2, 0) is 9.53 Å². The molecule has 2 fully saturated rings. The number of hydrogen-bond donors (Lipinski definition) is 0. The van der Waals surface area contributed by atoms with E-state index in [0.717, 1.165) is 19.3 Å². The van der Waals surface area contributed by atoms with Gasteiger partial charge in [-0.1, -0.05) is 12.8 Å². The van der Waals surface area contributed by atoms with Gasteiger partial charge in [0.05, 0.1) is 12.0 Å². The zero-order valence-corrected chi connectivity index (χ0v) is 11.0. The van der Waals surface area contributed by atoms with Crippen LogP contribution in [0.1, 0.15) is 51.4 Å². The lowest BCUT2D eigenvalue weighted by Crippen LogP contribution is -2.37. The van der Waals surface area contributed by atoms with Crippen molar-refractivity contribution in [2.24, 2.45) is 11.8 Å². The second-order valence-corrected chi connectivity index (χ2v) is 5.68. The summed E-state index contributed by atoms with van der Waals surface area (Å²) in [5.74, 6) is -2.44. The maximum atomic E-state index is 12.9. The number of Topliss-reactive ketones (excluding diaryl/α,β-unsaturated/α-hetero) is 1. The highest BCUT2D eigenvalue weighted by atomic mass is 19.4. The summed E-state index contributed by atoms with van der Waals surface area (Å²) in [6.07, 6.45) is 0.425. The van der Waals surface area contributed by atoms with E-state index < -0.39 is 18.0 Å². The smallest absolute Gasteiger partial charge is 0.378 e. The Morgan fingerprint density at radius 1 is 1.11 bits per heavy atom. The van der Waals surface area contributed by atoms with Crippen molar-refractivity contribution < 1.29 is 22.7 Å². The second-order valence-electron chi connectivity index (χ2n) is 5.68. The normalized spacial score (nSPS) is 32.5. The molecule has 0 radical (unpaired) electrons. The summed E-state index contributed by atoms with van der Waals surface area (Å²) in [5.41, 5.74) is 0. The second kappa shape index (κ2) is 6.25. The fourth-order valence-corrected chi connectivity index (χ4v) is 3.27. The standard InChI is InChI=1S/C14H21F3O2/c15-14(16,17)12-6-2-1-5-11(12)13(18)8-7-10-4-3-9-19-10/h10-12H,1-9H2. The van der Waals surface area contributed by atoms with E-state index in [1.54, 1.807) is 0 Å². The molecule has 1 saturated heterocycles. The topological polar surface area (TPSA) is 26.3 Å². The zero-order chi connectivity index (χ0) is 13.9. The van der Waals surface area contributed by atoms with E-state index in [1.807, 2.05) is 0 Å². The van der Waals surface area contributed by atoms with Gasteiger partial charge in [-0.15, -0.1) is 0 Å². The van der Waals surface area contributed by atoms with Gasteiger partial charge in [-0.2, -0.15) is 13.2 Å². The summed E-state index contributed by atoms with van der Waals surface area (Å²) >= 11 is 0. The molecule has 5 heteroatoms. The first-order valence-electron chi connectivity index (χ1n) is 7.19. The summed E-state index contributed by atoms with van der Waals surface area (Å²) in [6.45, 7) is 0.716. The van der Waals surface area contributed by atoms with E-state index in [9.17, 15) is 18.0 Å². The third-order valence-electron chi connectivity index (χ3n) is 4.34. The van der Waals surface area contributed by atoms with Crippen LogP contribution < -0.4 is 0 Å². The molecule has 0 aromatic carbocycles. The van der Waals surface area contributed by atoms with Crippen molar-refractivity contribution in [2.45, 2.75) is 63.6 Å². The van der Waals surface area contributed by atoms with Gasteiger partial charge in [0.1, 0.15) is 5.78 Å². The molecule has 0 amide bonds. The predicted octanol–water partition coefficient (Wildman–Crippen LogP) is 3.88. The van der Waals surface area contributed by atoms with Gasteiger partial charge in [0.15, 0.2) is 0 Å². The van der Waals surface area contributed by atoms with Gasteiger partial charge in [0.25, 0.3) is 0 Å². The van der Waals surface area contributed by atoms with Crippen LogP contribution in [0.5, 0.6) is 0 Å². The lowest BCUT2D eigenvalue weighted by atomic mass is 9.75. The number of rotatable bonds is 4. The molecule has 3 atom stereocenters. The average Bonchev–Trinajstić information content (AvgIpc) is 2.88. The van der Waals surface area contributed by atoms with Crippen LogP contribution >= 0.6 is 0 Å². The predicted molar refractivity (Wildman–Crippen MR) is 64.7 cm³/mol. The third kappa shape index (κ3) is 3.94. The van der Waals surface area contributed by atoms with Crippen LogP contribution in [-0.4, -0.2) is 24.7 Å². The molecule has 110 valence electrons. The molecule has 0 bridgehead atoms. The van der Waals surface area contributed by atoms with E-state index in [4.69, 9.17) is 4.74 Å². The van der Waals surface area contributed by atoms with Gasteiger partial charge in [-0.3, -0.25) is 4.79 Å². The molecule has 1 heterocycles. The number of hydrogen-bond acceptors (Lipinski definition) is 2. The molecule has 1 saturated carbocycles. The summed E-state index contributed by atoms with van der Waals surface area (Å²) in [4.78, 5) is 12.1. The fraction of sp³-hybridized carbons (Fsp3) is 0.929. The highest BCUT2D eigenvalue weighted by molar-refractivity contribution is 5.81. The SMILES string of the molecule is O=C(CCC1CCCO1)C1CCCCC1C(F)(F)F. The van der Waals surface area contributed by atoms with Crippen LogP contribution in [0, 0.1) is 11.8 Å². The zero-order valence-electron chi connectivity index (χ0n) is 11.0. The van der Waals surface area contributed by atoms with Crippen LogP contribution in [0.25, 0.3) is 0 Å². The fourth-order valence-electron chi connectivity index (χ4n) is 3.27. The van der Waals surface area contributed by atoms with E-state index >= 15 is 0 Å². The van der Waals surface area contributed by atoms with E-state index in [1.165, 1.54) is 0 Å². The van der Waals surface area contributed by atoms with Gasteiger partial charge in [0.2, 0.25) is 0 Å². The molecule has 1 aliphatic carbocycles. The maximum absolute atomic E-state index is 12.9. The minimum absolute atomic E-state index is 0.0804. The van der Waals surface area contributed by atoms with Gasteiger partial charge in [-0.25, -0.2) is 0 Å². The average molecular weight is 278 g/mol. The Balaban J connectivity index is 1.87. The Morgan fingerprint density at radius 2 is 1.84 bits per heavy atom. The summed E-state index contributed by atoms with van der Waals surface area (Å²) < 4.78 is 44.2. The molecule has 0 aromatic rings. The number of ether oxygens (including phenoxy) is 1. The van der Waals surface area contributed by atoms with Crippen molar-refractivity contribution in [1.29, 1.82) is 0 Å². The molecule has 1 aliphatic heterocycles. The highest BCUT2D eigenvalue weighted by Crippen LogP contribution is 2.42. The van der Waals surface area contributed by atoms with Crippen LogP contribution in [0.3, 0.4) is 0 Å². The van der Waals surface area contributed by atoms with E-state index in [2.05, 4.69) is 0 Å². The minimum atomic E-state index is -4.23. The molecular formula is C14H21F3O2. The molecule has 0 aromatic heterocycles. The van der Waals surface area contributed by atoms with Crippen LogP contribution in [0.4, 0.5) is 13.2 Å². The van der Waals surface area contributed by atoms with Gasteiger partial charge in [-0.05, 0) is 32.1 Å². The summed E-state index contributed by atoms with van der Waals surface area (Å²) in [5, 5.41) is 0. The molecule has 3 unspecified atom stereocenters. The first-order chi connectivity index (χ1) is 8.98. The number of halogens is 3. The molecule has 0 N–H and O–H groups in total. The van der Waals surface area contributed by atoms with Gasteiger partial charge in [0, 0.05) is 18.9 Å². The highest BCUT2D eigenvalue weighted by Gasteiger charge is 2.47. The molecule has 2 rings (SSSR count). The maximum Gasteiger partial charge on any atom is 0.392 e. The van der Waals surface area contributed by atoms with Crippen LogP contribution in [0.2, 0.25) is 0 Å². The minimum Gasteiger partial charge on any atom is -0.378 e. The molecular weight excluding hydrogens is 257 g/mol. The van der Waals surface area contributed by atoms with Gasteiger partial charge >= 0.3 is 6.18 Å². The largest absolute Gasteiger partial charge is 0.392 e. The van der Waals surface area contributed by atoms with Crippen molar-refractivity contribution in [3.63, 3.8) is 0 Å². The number of carbonyl (C=O) groups is 1. The van der Waals surface area contributed by atoms with Crippen molar-refractivity contribution >= 4 is 5.78 Å². The Morgan fingerprint density at radius 3 is 2.47 bits per heavy atom. The Labute approximate surface area is 111 Å². The summed E-state index contributed by atoms with van der Waals surface area (Å²) in [6, 6.07) is 0. The first kappa shape index (κ1) is 14.8. The molecule has 2 aliphatic rings. The van der Waals surface area contributed by atoms with Gasteiger partial charge < -0.3 is 4.74 Å². The number of ketones is 1. The number of carbonyl (C=O) groups excluding carboxylic acids is 1. The van der Waals surface area contributed by atoms with Crippen LogP contribution in [0.15, 0.2) is 0 Å². The Bertz CT molecular complexity index is 308. The third-order valence-corrected chi connectivity index (χ3v) is 4.34. The van der Waals surface area contributed by atoms with Crippen molar-refractivity contribution in [3.8, 4) is 0 Å². The Hall–Kier alpha value is -0.580. The molecule has 2 nitrogen and oxygen atoms in total. The lowest BCUT2D eigenvalue weighted by molar-refractivity contribution is -0.197. The monoisotopic (exact) mass is 278 g/mol. The lowest BCUT2D eigenvalue weighted by Gasteiger charge is -2.32. The van der Waals surface area contributed by atoms with E-state index in [0.29, 0.717) is 25.9 Å². The van der Waals surface area contributed by atoms with Crippen molar-refractivity contribution in [2.75, 3.05) is 6.61 Å². The first-order valence-corrected chi connectivity index (χ1v) is 7.19. The summed E-state index contributed by atoms with van der Waals surface area (Å²) in [7, 11) is 0. The molecule has 19 heavy (non-hydrogen) atoms. The quantitative estimate of drug-likeness (QED) is 0.780. The van der Waals surface area contributed by atoms with Crippen molar-refractivity contribution in [3.05, 3.63) is 0 Å². The number of alkyl halides is 3. The van der Waals surface area contributed by atoms with Crippen molar-refractivity contribution in [1.82, 2.24) is 0 Å². The Kier molecular flexibility index (Phi) is 4.87. The molecule has 0 spiro atoms. The van der Waals surface area contributed by atoms with E-state index in [-0.39, 0.29) is 24.7 Å².